The van der Waals surface area contributed by atoms with Gasteiger partial charge in [-0.15, -0.1) is 0 Å². The number of nitrogens with one attached hydrogen (secondary N) is 1. The lowest BCUT2D eigenvalue weighted by Crippen LogP contribution is -2.49. The third-order valence-electron chi connectivity index (χ3n) is 4.09. The van der Waals surface area contributed by atoms with Crippen LogP contribution >= 0.6 is 11.8 Å². The van der Waals surface area contributed by atoms with E-state index in [0.717, 1.165) is 31.7 Å². The monoisotopic (exact) mass is 270 g/mol. The fraction of sp³-hybridized carbons (Fsp3) is 0.929. The minimum atomic E-state index is 0.176. The molecule has 0 aromatic heterocycles. The molecule has 0 aromatic carbocycles. The zero-order valence-corrected chi connectivity index (χ0v) is 12.5. The summed E-state index contributed by atoms with van der Waals surface area (Å²) in [6, 6.07) is 0.579. The number of urea groups is 1. The van der Waals surface area contributed by atoms with Crippen LogP contribution in [-0.4, -0.2) is 41.1 Å². The van der Waals surface area contributed by atoms with E-state index in [-0.39, 0.29) is 6.03 Å². The molecule has 4 heteroatoms. The second-order valence-electron chi connectivity index (χ2n) is 5.67. The van der Waals surface area contributed by atoms with E-state index in [9.17, 15) is 4.79 Å². The molecule has 3 nitrogen and oxygen atoms in total. The number of hydrogen-bond donors (Lipinski definition) is 1. The van der Waals surface area contributed by atoms with E-state index in [4.69, 9.17) is 0 Å². The van der Waals surface area contributed by atoms with Crippen molar-refractivity contribution in [3.63, 3.8) is 0 Å². The van der Waals surface area contributed by atoms with Crippen molar-refractivity contribution in [2.75, 3.05) is 18.8 Å². The molecule has 1 saturated carbocycles. The molecule has 2 aliphatic rings. The topological polar surface area (TPSA) is 32.3 Å². The second kappa shape index (κ2) is 6.69. The van der Waals surface area contributed by atoms with Crippen LogP contribution in [0.5, 0.6) is 0 Å². The molecule has 0 bridgehead atoms. The maximum atomic E-state index is 12.3. The number of carbonyl (C=O) groups excluding carboxylic acids is 1. The average Bonchev–Trinajstić information content (AvgIpc) is 2.77. The summed E-state index contributed by atoms with van der Waals surface area (Å²) in [5.41, 5.74) is 0. The number of carbonyl (C=O) groups is 1. The van der Waals surface area contributed by atoms with Crippen LogP contribution in [0, 0.1) is 5.92 Å². The molecule has 1 saturated heterocycles. The van der Waals surface area contributed by atoms with Gasteiger partial charge in [-0.05, 0) is 37.4 Å². The summed E-state index contributed by atoms with van der Waals surface area (Å²) in [5.74, 6) is 1.81. The number of amides is 2. The highest BCUT2D eigenvalue weighted by molar-refractivity contribution is 7.99. The van der Waals surface area contributed by atoms with E-state index in [1.54, 1.807) is 0 Å². The molecule has 18 heavy (non-hydrogen) atoms. The number of piperidine rings is 1. The van der Waals surface area contributed by atoms with Gasteiger partial charge in [0.25, 0.3) is 0 Å². The lowest BCUT2D eigenvalue weighted by Gasteiger charge is -2.32. The summed E-state index contributed by atoms with van der Waals surface area (Å²) < 4.78 is 0. The van der Waals surface area contributed by atoms with Gasteiger partial charge in [0, 0.05) is 24.4 Å². The van der Waals surface area contributed by atoms with Crippen LogP contribution in [0.15, 0.2) is 0 Å². The first-order valence-corrected chi connectivity index (χ1v) is 8.42. The molecular weight excluding hydrogens is 244 g/mol. The van der Waals surface area contributed by atoms with E-state index < -0.39 is 0 Å². The van der Waals surface area contributed by atoms with Gasteiger partial charge in [-0.25, -0.2) is 4.79 Å². The van der Waals surface area contributed by atoms with E-state index >= 15 is 0 Å². The van der Waals surface area contributed by atoms with Crippen molar-refractivity contribution < 1.29 is 4.79 Å². The van der Waals surface area contributed by atoms with Gasteiger partial charge in [0.2, 0.25) is 0 Å². The molecule has 3 atom stereocenters. The smallest absolute Gasteiger partial charge is 0.317 e. The normalized spacial score (nSPS) is 32.6. The zero-order chi connectivity index (χ0) is 13.0. The van der Waals surface area contributed by atoms with Crippen LogP contribution in [0.2, 0.25) is 0 Å². The zero-order valence-electron chi connectivity index (χ0n) is 11.7. The molecule has 104 valence electrons. The lowest BCUT2D eigenvalue weighted by atomic mass is 10.0. The Labute approximate surface area is 115 Å². The summed E-state index contributed by atoms with van der Waals surface area (Å²) in [5, 5.41) is 3.91. The van der Waals surface area contributed by atoms with Gasteiger partial charge >= 0.3 is 6.03 Å². The highest BCUT2D eigenvalue weighted by Gasteiger charge is 2.30. The van der Waals surface area contributed by atoms with Crippen LogP contribution in [0.4, 0.5) is 4.79 Å². The van der Waals surface area contributed by atoms with Crippen molar-refractivity contribution in [1.29, 1.82) is 0 Å². The molecule has 2 rings (SSSR count). The van der Waals surface area contributed by atoms with Crippen LogP contribution < -0.4 is 5.32 Å². The molecule has 3 unspecified atom stereocenters. The Morgan fingerprint density at radius 2 is 2.17 bits per heavy atom. The van der Waals surface area contributed by atoms with Crippen molar-refractivity contribution in [2.24, 2.45) is 5.92 Å². The summed E-state index contributed by atoms with van der Waals surface area (Å²) in [7, 11) is 0. The Hall–Kier alpha value is -0.380. The predicted molar refractivity (Wildman–Crippen MR) is 78.1 cm³/mol. The van der Waals surface area contributed by atoms with Crippen molar-refractivity contribution >= 4 is 17.8 Å². The fourth-order valence-electron chi connectivity index (χ4n) is 3.13. The Bertz CT molecular complexity index is 285. The lowest BCUT2D eigenvalue weighted by molar-refractivity contribution is 0.166. The average molecular weight is 270 g/mol. The standard InChI is InChI=1S/C14H26N2OS/c1-3-18-13-8-4-7-12(13)15-14(17)16-9-5-6-11(2)10-16/h11-13H,3-10H2,1-2H3,(H,15,17). The maximum absolute atomic E-state index is 12.3. The van der Waals surface area contributed by atoms with Crippen LogP contribution in [0.25, 0.3) is 0 Å². The van der Waals surface area contributed by atoms with E-state index in [1.807, 2.05) is 16.7 Å². The third-order valence-corrected chi connectivity index (χ3v) is 5.41. The Balaban J connectivity index is 1.82. The maximum Gasteiger partial charge on any atom is 0.317 e. The molecule has 2 fully saturated rings. The van der Waals surface area contributed by atoms with Crippen molar-refractivity contribution in [3.05, 3.63) is 0 Å². The first kappa shape index (κ1) is 14.0. The van der Waals surface area contributed by atoms with E-state index in [0.29, 0.717) is 17.2 Å². The summed E-state index contributed by atoms with van der Waals surface area (Å²) >= 11 is 2.00. The van der Waals surface area contributed by atoms with Crippen molar-refractivity contribution in [3.8, 4) is 0 Å². The molecular formula is C14H26N2OS. The van der Waals surface area contributed by atoms with Gasteiger partial charge in [0.05, 0.1) is 0 Å². The molecule has 0 aromatic rings. The highest BCUT2D eigenvalue weighted by atomic mass is 32.2. The minimum absolute atomic E-state index is 0.176. The third kappa shape index (κ3) is 3.56. The second-order valence-corrected chi connectivity index (χ2v) is 7.19. The quantitative estimate of drug-likeness (QED) is 0.854. The summed E-state index contributed by atoms with van der Waals surface area (Å²) in [4.78, 5) is 14.3. The first-order valence-electron chi connectivity index (χ1n) is 7.37. The number of likely N-dealkylation sites (tertiary alicyclic amines) is 1. The van der Waals surface area contributed by atoms with Crippen LogP contribution in [0.1, 0.15) is 46.0 Å². The SMILES string of the molecule is CCSC1CCCC1NC(=O)N1CCCC(C)C1. The number of thioether (sulfide) groups is 1. The largest absolute Gasteiger partial charge is 0.334 e. The predicted octanol–water partition coefficient (Wildman–Crippen LogP) is 3.10. The molecule has 1 heterocycles. The number of rotatable bonds is 3. The van der Waals surface area contributed by atoms with Crippen LogP contribution in [-0.2, 0) is 0 Å². The molecule has 1 N–H and O–H groups in total. The Morgan fingerprint density at radius 3 is 2.89 bits per heavy atom. The van der Waals surface area contributed by atoms with Gasteiger partial charge in [-0.1, -0.05) is 20.3 Å². The molecule has 2 amide bonds. The molecule has 1 aliphatic heterocycles. The Morgan fingerprint density at radius 1 is 1.33 bits per heavy atom. The number of nitrogens with zero attached hydrogens (tertiary/aromatic N) is 1. The molecule has 0 radical (unpaired) electrons. The summed E-state index contributed by atoms with van der Waals surface area (Å²) in [6.07, 6.45) is 6.11. The fourth-order valence-corrected chi connectivity index (χ4v) is 4.33. The highest BCUT2D eigenvalue weighted by Crippen LogP contribution is 2.30. The van der Waals surface area contributed by atoms with Gasteiger partial charge in [-0.2, -0.15) is 11.8 Å². The Kier molecular flexibility index (Phi) is 5.22. The van der Waals surface area contributed by atoms with Gasteiger partial charge in [-0.3, -0.25) is 0 Å². The van der Waals surface area contributed by atoms with Gasteiger partial charge < -0.3 is 10.2 Å². The van der Waals surface area contributed by atoms with E-state index in [2.05, 4.69) is 19.2 Å². The van der Waals surface area contributed by atoms with E-state index in [1.165, 1.54) is 19.3 Å². The van der Waals surface area contributed by atoms with Crippen LogP contribution in [0.3, 0.4) is 0 Å². The van der Waals surface area contributed by atoms with Gasteiger partial charge in [0.1, 0.15) is 0 Å². The number of hydrogen-bond acceptors (Lipinski definition) is 2. The molecule has 0 spiro atoms. The van der Waals surface area contributed by atoms with Crippen molar-refractivity contribution in [2.45, 2.75) is 57.2 Å². The van der Waals surface area contributed by atoms with Gasteiger partial charge in [0.15, 0.2) is 0 Å². The minimum Gasteiger partial charge on any atom is -0.334 e. The molecule has 1 aliphatic carbocycles. The van der Waals surface area contributed by atoms with Crippen molar-refractivity contribution in [1.82, 2.24) is 10.2 Å². The first-order chi connectivity index (χ1) is 8.70. The summed E-state index contributed by atoms with van der Waals surface area (Å²) in [6.45, 7) is 6.32.